The number of carbonyl (C=O) groups is 3. The summed E-state index contributed by atoms with van der Waals surface area (Å²) in [5, 5.41) is 5.22. The van der Waals surface area contributed by atoms with E-state index in [2.05, 4.69) is 10.6 Å². The van der Waals surface area contributed by atoms with Gasteiger partial charge in [-0.3, -0.25) is 14.4 Å². The number of amides is 3. The largest absolute Gasteiger partial charge is 0.369 e. The Morgan fingerprint density at radius 1 is 1.15 bits per heavy atom. The van der Waals surface area contributed by atoms with Gasteiger partial charge in [-0.25, -0.2) is 13.2 Å². The van der Waals surface area contributed by atoms with Crippen LogP contribution < -0.4 is 10.6 Å². The Bertz CT molecular complexity index is 1110. The molecule has 2 N–H and O–H groups in total. The molecule has 2 aliphatic rings. The molecule has 4 rings (SSSR count). The first-order valence-electron chi connectivity index (χ1n) is 10.5. The summed E-state index contributed by atoms with van der Waals surface area (Å²) >= 11 is 6.32. The van der Waals surface area contributed by atoms with E-state index >= 15 is 0 Å². The second kappa shape index (κ2) is 9.63. The Hall–Kier alpha value is -3.11. The minimum Gasteiger partial charge on any atom is -0.369 e. The summed E-state index contributed by atoms with van der Waals surface area (Å²) in [7, 11) is 0. The van der Waals surface area contributed by atoms with Gasteiger partial charge in [0.2, 0.25) is 17.7 Å². The van der Waals surface area contributed by atoms with Crippen molar-refractivity contribution in [2.45, 2.75) is 36.9 Å². The summed E-state index contributed by atoms with van der Waals surface area (Å²) in [5.41, 5.74) is 0.380. The Morgan fingerprint density at radius 3 is 2.56 bits per heavy atom. The third-order valence-electron chi connectivity index (χ3n) is 5.68. The van der Waals surface area contributed by atoms with E-state index < -0.39 is 60.4 Å². The van der Waals surface area contributed by atoms with Crippen molar-refractivity contribution in [3.63, 3.8) is 0 Å². The number of morpholine rings is 1. The number of nitrogens with one attached hydrogen (secondary N) is 2. The number of anilines is 1. The van der Waals surface area contributed by atoms with Gasteiger partial charge in [0, 0.05) is 35.2 Å². The average molecular weight is 496 g/mol. The molecule has 1 saturated heterocycles. The first kappa shape index (κ1) is 24.0. The number of hydrogen-bond donors (Lipinski definition) is 2. The molecule has 2 aromatic carbocycles. The molecule has 180 valence electrons. The normalized spacial score (nSPS) is 20.9. The van der Waals surface area contributed by atoms with Crippen molar-refractivity contribution in [2.75, 3.05) is 18.5 Å². The first-order valence-corrected chi connectivity index (χ1v) is 10.9. The van der Waals surface area contributed by atoms with Crippen LogP contribution >= 0.6 is 11.6 Å². The number of carbonyl (C=O) groups excluding carboxylic acids is 3. The molecule has 0 radical (unpaired) electrons. The molecule has 3 amide bonds. The smallest absolute Gasteiger partial charge is 0.252 e. The lowest BCUT2D eigenvalue weighted by Crippen LogP contribution is -2.60. The van der Waals surface area contributed by atoms with E-state index in [1.807, 2.05) is 0 Å². The molecule has 1 saturated carbocycles. The number of nitrogens with zero attached hydrogens (tertiary/aromatic N) is 1. The van der Waals surface area contributed by atoms with Gasteiger partial charge in [0.15, 0.2) is 0 Å². The highest BCUT2D eigenvalue weighted by atomic mass is 35.5. The highest BCUT2D eigenvalue weighted by Gasteiger charge is 2.48. The fraction of sp³-hybridized carbons (Fsp3) is 0.348. The maximum absolute atomic E-state index is 13.6. The standard InChI is InChI=1S/C23H21ClF3N3O4/c24-17-7-2-1-6-16(17)20(22(33)29-15-9-23(26,27)10-15)30-18(11-34-12-19(30)31)21(32)28-14-5-3-4-13(25)8-14/h1-8,15,18,20H,9-12H2,(H,28,32)(H,29,33)/t18?,20-/m0/s1. The number of hydrogen-bond acceptors (Lipinski definition) is 4. The lowest BCUT2D eigenvalue weighted by atomic mass is 9.87. The minimum atomic E-state index is -2.86. The van der Waals surface area contributed by atoms with Crippen LogP contribution in [-0.4, -0.2) is 53.8 Å². The Labute approximate surface area is 198 Å². The second-order valence-corrected chi connectivity index (χ2v) is 8.63. The van der Waals surface area contributed by atoms with Crippen LogP contribution in [0.15, 0.2) is 48.5 Å². The van der Waals surface area contributed by atoms with Crippen LogP contribution in [0.5, 0.6) is 0 Å². The molecule has 7 nitrogen and oxygen atoms in total. The van der Waals surface area contributed by atoms with Crippen LogP contribution in [0.1, 0.15) is 24.4 Å². The predicted octanol–water partition coefficient (Wildman–Crippen LogP) is 3.30. The van der Waals surface area contributed by atoms with Gasteiger partial charge < -0.3 is 20.3 Å². The van der Waals surface area contributed by atoms with E-state index in [1.54, 1.807) is 12.1 Å². The fourth-order valence-electron chi connectivity index (χ4n) is 4.06. The van der Waals surface area contributed by atoms with Gasteiger partial charge in [-0.1, -0.05) is 35.9 Å². The SMILES string of the molecule is O=C(Nc1cccc(F)c1)C1COCC(=O)N1[C@H](C(=O)NC1CC(F)(F)C1)c1ccccc1Cl. The van der Waals surface area contributed by atoms with Gasteiger partial charge in [-0.15, -0.1) is 0 Å². The highest BCUT2D eigenvalue weighted by Crippen LogP contribution is 2.38. The van der Waals surface area contributed by atoms with Crippen LogP contribution in [0.3, 0.4) is 0 Å². The van der Waals surface area contributed by atoms with E-state index in [4.69, 9.17) is 16.3 Å². The Balaban J connectivity index is 1.65. The van der Waals surface area contributed by atoms with Crippen molar-refractivity contribution in [1.82, 2.24) is 10.2 Å². The van der Waals surface area contributed by atoms with Crippen molar-refractivity contribution in [3.05, 3.63) is 64.9 Å². The van der Waals surface area contributed by atoms with Gasteiger partial charge in [0.1, 0.15) is 24.5 Å². The molecule has 1 aliphatic carbocycles. The van der Waals surface area contributed by atoms with Crippen LogP contribution in [0.25, 0.3) is 0 Å². The zero-order valence-electron chi connectivity index (χ0n) is 17.8. The fourth-order valence-corrected chi connectivity index (χ4v) is 4.30. The Kier molecular flexibility index (Phi) is 6.81. The molecule has 11 heteroatoms. The van der Waals surface area contributed by atoms with E-state index in [-0.39, 0.29) is 29.5 Å². The van der Waals surface area contributed by atoms with E-state index in [1.165, 1.54) is 30.3 Å². The third-order valence-corrected chi connectivity index (χ3v) is 6.03. The summed E-state index contributed by atoms with van der Waals surface area (Å²) < 4.78 is 45.4. The maximum Gasteiger partial charge on any atom is 0.252 e. The molecule has 2 fully saturated rings. The molecule has 0 bridgehead atoms. The molecule has 2 atom stereocenters. The molecule has 2 aromatic rings. The van der Waals surface area contributed by atoms with Crippen molar-refractivity contribution in [1.29, 1.82) is 0 Å². The first-order chi connectivity index (χ1) is 16.1. The summed E-state index contributed by atoms with van der Waals surface area (Å²) in [6.07, 6.45) is -1.04. The highest BCUT2D eigenvalue weighted by molar-refractivity contribution is 6.31. The molecular weight excluding hydrogens is 475 g/mol. The van der Waals surface area contributed by atoms with Crippen LogP contribution in [0, 0.1) is 5.82 Å². The van der Waals surface area contributed by atoms with E-state index in [0.29, 0.717) is 0 Å². The third kappa shape index (κ3) is 5.18. The van der Waals surface area contributed by atoms with Crippen LogP contribution in [-0.2, 0) is 19.1 Å². The maximum atomic E-state index is 13.6. The molecule has 1 heterocycles. The number of ether oxygens (including phenoxy) is 1. The molecule has 0 spiro atoms. The summed E-state index contributed by atoms with van der Waals surface area (Å²) in [5.74, 6) is -5.55. The lowest BCUT2D eigenvalue weighted by molar-refractivity contribution is -0.161. The molecule has 34 heavy (non-hydrogen) atoms. The monoisotopic (exact) mass is 495 g/mol. The van der Waals surface area contributed by atoms with Crippen molar-refractivity contribution < 1.29 is 32.3 Å². The molecular formula is C23H21ClF3N3O4. The predicted molar refractivity (Wildman–Crippen MR) is 117 cm³/mol. The molecule has 1 aliphatic heterocycles. The van der Waals surface area contributed by atoms with Crippen LogP contribution in [0.4, 0.5) is 18.9 Å². The summed E-state index contributed by atoms with van der Waals surface area (Å²) in [4.78, 5) is 40.4. The zero-order chi connectivity index (χ0) is 24.5. The van der Waals surface area contributed by atoms with Crippen molar-refractivity contribution in [3.8, 4) is 0 Å². The van der Waals surface area contributed by atoms with Crippen LogP contribution in [0.2, 0.25) is 5.02 Å². The number of benzene rings is 2. The zero-order valence-corrected chi connectivity index (χ0v) is 18.5. The van der Waals surface area contributed by atoms with Gasteiger partial charge in [0.05, 0.1) is 6.61 Å². The Morgan fingerprint density at radius 2 is 1.88 bits per heavy atom. The van der Waals surface area contributed by atoms with Gasteiger partial charge in [-0.2, -0.15) is 0 Å². The molecule has 1 unspecified atom stereocenters. The summed E-state index contributed by atoms with van der Waals surface area (Å²) in [6.45, 7) is -0.623. The molecule has 0 aromatic heterocycles. The van der Waals surface area contributed by atoms with E-state index in [0.717, 1.165) is 11.0 Å². The van der Waals surface area contributed by atoms with E-state index in [9.17, 15) is 27.6 Å². The topological polar surface area (TPSA) is 87.7 Å². The van der Waals surface area contributed by atoms with Gasteiger partial charge in [-0.05, 0) is 24.3 Å². The van der Waals surface area contributed by atoms with Crippen molar-refractivity contribution in [2.24, 2.45) is 0 Å². The number of rotatable bonds is 6. The minimum absolute atomic E-state index is 0.151. The second-order valence-electron chi connectivity index (χ2n) is 8.23. The average Bonchev–Trinajstić information content (AvgIpc) is 2.75. The van der Waals surface area contributed by atoms with Gasteiger partial charge in [0.25, 0.3) is 5.92 Å². The van der Waals surface area contributed by atoms with Gasteiger partial charge >= 0.3 is 0 Å². The van der Waals surface area contributed by atoms with Crippen molar-refractivity contribution >= 4 is 35.0 Å². The summed E-state index contributed by atoms with van der Waals surface area (Å²) in [6, 6.07) is 8.03. The number of halogens is 4. The number of alkyl halides is 2. The lowest BCUT2D eigenvalue weighted by Gasteiger charge is -2.41. The quantitative estimate of drug-likeness (QED) is 0.644.